The van der Waals surface area contributed by atoms with Crippen LogP contribution < -0.4 is 29.6 Å². The van der Waals surface area contributed by atoms with Crippen molar-refractivity contribution < 1.29 is 18.9 Å². The Bertz CT molecular complexity index is 1220. The van der Waals surface area contributed by atoms with Crippen molar-refractivity contribution in [2.45, 2.75) is 13.0 Å². The summed E-state index contributed by atoms with van der Waals surface area (Å²) in [6.45, 7) is 1.43. The van der Waals surface area contributed by atoms with E-state index in [1.807, 2.05) is 78.9 Å². The minimum absolute atomic E-state index is 0.610. The first-order valence-corrected chi connectivity index (χ1v) is 11.9. The smallest absolute Gasteiger partial charge is 0.134 e. The number of para-hydroxylation sites is 1. The van der Waals surface area contributed by atoms with Gasteiger partial charge in [0.1, 0.15) is 28.7 Å². The summed E-state index contributed by atoms with van der Waals surface area (Å²) in [6, 6.07) is 29.8. The standard InChI is InChI=1S/C30H32N2O4/c1-33-25-14-12-22(13-15-25)16-17-31-21-28-29(34-2)19-27(20-30(28)35-3)36-26-11-7-10-24(18-26)32-23-8-5-4-6-9-23/h4-15,18-20,31-32H,16-17,21H2,1-3H3. The lowest BCUT2D eigenvalue weighted by Crippen LogP contribution is -2.17. The van der Waals surface area contributed by atoms with E-state index in [9.17, 15) is 0 Å². The first-order chi connectivity index (χ1) is 17.7. The van der Waals surface area contributed by atoms with Crippen molar-refractivity contribution in [2.75, 3.05) is 33.2 Å². The van der Waals surface area contributed by atoms with Gasteiger partial charge in [0, 0.05) is 36.1 Å². The van der Waals surface area contributed by atoms with Crippen molar-refractivity contribution in [1.82, 2.24) is 5.32 Å². The summed E-state index contributed by atoms with van der Waals surface area (Å²) in [7, 11) is 4.99. The molecule has 0 heterocycles. The first-order valence-electron chi connectivity index (χ1n) is 11.9. The molecule has 0 aliphatic rings. The predicted octanol–water partition coefficient (Wildman–Crippen LogP) is 6.58. The molecular formula is C30H32N2O4. The molecule has 0 saturated heterocycles. The predicted molar refractivity (Wildman–Crippen MR) is 144 cm³/mol. The molecule has 0 aromatic heterocycles. The molecule has 0 saturated carbocycles. The largest absolute Gasteiger partial charge is 0.497 e. The van der Waals surface area contributed by atoms with E-state index < -0.39 is 0 Å². The van der Waals surface area contributed by atoms with E-state index in [0.29, 0.717) is 29.5 Å². The van der Waals surface area contributed by atoms with Gasteiger partial charge in [-0.3, -0.25) is 0 Å². The zero-order valence-corrected chi connectivity index (χ0v) is 20.9. The number of anilines is 2. The van der Waals surface area contributed by atoms with E-state index in [2.05, 4.69) is 22.8 Å². The summed E-state index contributed by atoms with van der Waals surface area (Å²) in [4.78, 5) is 0. The van der Waals surface area contributed by atoms with Gasteiger partial charge >= 0.3 is 0 Å². The molecule has 4 rings (SSSR count). The van der Waals surface area contributed by atoms with Gasteiger partial charge in [0.2, 0.25) is 0 Å². The normalized spacial score (nSPS) is 10.5. The summed E-state index contributed by atoms with van der Waals surface area (Å²) < 4.78 is 22.8. The van der Waals surface area contributed by atoms with E-state index in [1.54, 1.807) is 21.3 Å². The molecule has 0 spiro atoms. The first kappa shape index (κ1) is 24.9. The van der Waals surface area contributed by atoms with Crippen molar-refractivity contribution in [3.05, 3.63) is 102 Å². The minimum Gasteiger partial charge on any atom is -0.497 e. The highest BCUT2D eigenvalue weighted by atomic mass is 16.5. The molecule has 0 radical (unpaired) electrons. The third-order valence-electron chi connectivity index (χ3n) is 5.76. The molecule has 0 bridgehead atoms. The molecule has 4 aromatic rings. The van der Waals surface area contributed by atoms with Gasteiger partial charge in [-0.1, -0.05) is 36.4 Å². The SMILES string of the molecule is COc1ccc(CCNCc2c(OC)cc(Oc3cccc(Nc4ccccc4)c3)cc2OC)cc1. The number of nitrogens with one attached hydrogen (secondary N) is 2. The number of methoxy groups -OCH3 is 3. The van der Waals surface area contributed by atoms with Gasteiger partial charge in [-0.05, 0) is 54.9 Å². The summed E-state index contributed by atoms with van der Waals surface area (Å²) >= 11 is 0. The van der Waals surface area contributed by atoms with Crippen LogP contribution in [0.3, 0.4) is 0 Å². The van der Waals surface area contributed by atoms with Crippen LogP contribution in [0.15, 0.2) is 91.0 Å². The highest BCUT2D eigenvalue weighted by Crippen LogP contribution is 2.36. The minimum atomic E-state index is 0.610. The van der Waals surface area contributed by atoms with Crippen LogP contribution in [0, 0.1) is 0 Å². The van der Waals surface area contributed by atoms with Crippen molar-refractivity contribution in [2.24, 2.45) is 0 Å². The van der Waals surface area contributed by atoms with Crippen molar-refractivity contribution in [3.8, 4) is 28.7 Å². The van der Waals surface area contributed by atoms with Crippen LogP contribution in [0.5, 0.6) is 28.7 Å². The fraction of sp³-hybridized carbons (Fsp3) is 0.200. The topological polar surface area (TPSA) is 61.0 Å². The average molecular weight is 485 g/mol. The zero-order valence-electron chi connectivity index (χ0n) is 20.9. The Morgan fingerprint density at radius 3 is 1.97 bits per heavy atom. The van der Waals surface area contributed by atoms with Gasteiger partial charge < -0.3 is 29.6 Å². The molecular weight excluding hydrogens is 452 g/mol. The summed E-state index contributed by atoms with van der Waals surface area (Å²) in [6.07, 6.45) is 0.906. The number of hydrogen-bond acceptors (Lipinski definition) is 6. The lowest BCUT2D eigenvalue weighted by atomic mass is 10.1. The van der Waals surface area contributed by atoms with E-state index in [1.165, 1.54) is 5.56 Å². The molecule has 0 unspecified atom stereocenters. The Balaban J connectivity index is 1.41. The molecule has 0 aliphatic carbocycles. The maximum absolute atomic E-state index is 6.17. The van der Waals surface area contributed by atoms with E-state index in [4.69, 9.17) is 18.9 Å². The molecule has 6 heteroatoms. The summed E-state index contributed by atoms with van der Waals surface area (Å²) in [5, 5.41) is 6.87. The second-order valence-electron chi connectivity index (χ2n) is 8.20. The van der Waals surface area contributed by atoms with Gasteiger partial charge in [0.05, 0.1) is 26.9 Å². The summed E-state index contributed by atoms with van der Waals surface area (Å²) in [5.41, 5.74) is 4.15. The van der Waals surface area contributed by atoms with Gasteiger partial charge in [-0.15, -0.1) is 0 Å². The second kappa shape index (κ2) is 12.5. The Morgan fingerprint density at radius 1 is 0.611 bits per heavy atom. The fourth-order valence-electron chi connectivity index (χ4n) is 3.89. The van der Waals surface area contributed by atoms with Crippen LogP contribution in [0.4, 0.5) is 11.4 Å². The Labute approximate surface area is 212 Å². The van der Waals surface area contributed by atoms with Gasteiger partial charge in [-0.2, -0.15) is 0 Å². The molecule has 6 nitrogen and oxygen atoms in total. The number of benzene rings is 4. The Morgan fingerprint density at radius 2 is 1.31 bits per heavy atom. The lowest BCUT2D eigenvalue weighted by molar-refractivity contribution is 0.375. The molecule has 186 valence electrons. The van der Waals surface area contributed by atoms with Crippen LogP contribution in [-0.2, 0) is 13.0 Å². The molecule has 0 atom stereocenters. The van der Waals surface area contributed by atoms with Crippen molar-refractivity contribution in [1.29, 1.82) is 0 Å². The van der Waals surface area contributed by atoms with Crippen LogP contribution in [0.1, 0.15) is 11.1 Å². The Kier molecular flexibility index (Phi) is 8.67. The molecule has 0 amide bonds. The van der Waals surface area contributed by atoms with Crippen LogP contribution in [-0.4, -0.2) is 27.9 Å². The second-order valence-corrected chi connectivity index (χ2v) is 8.20. The van der Waals surface area contributed by atoms with Gasteiger partial charge in [0.15, 0.2) is 0 Å². The van der Waals surface area contributed by atoms with Gasteiger partial charge in [0.25, 0.3) is 0 Å². The van der Waals surface area contributed by atoms with E-state index >= 15 is 0 Å². The molecule has 4 aromatic carbocycles. The fourth-order valence-corrected chi connectivity index (χ4v) is 3.89. The molecule has 36 heavy (non-hydrogen) atoms. The highest BCUT2D eigenvalue weighted by molar-refractivity contribution is 5.61. The van der Waals surface area contributed by atoms with Crippen LogP contribution in [0.2, 0.25) is 0 Å². The lowest BCUT2D eigenvalue weighted by Gasteiger charge is -2.17. The van der Waals surface area contributed by atoms with Crippen LogP contribution in [0.25, 0.3) is 0 Å². The van der Waals surface area contributed by atoms with Crippen LogP contribution >= 0.6 is 0 Å². The maximum Gasteiger partial charge on any atom is 0.134 e. The average Bonchev–Trinajstić information content (AvgIpc) is 2.92. The van der Waals surface area contributed by atoms with Crippen molar-refractivity contribution in [3.63, 3.8) is 0 Å². The highest BCUT2D eigenvalue weighted by Gasteiger charge is 2.14. The third-order valence-corrected chi connectivity index (χ3v) is 5.76. The molecule has 0 fully saturated rings. The monoisotopic (exact) mass is 484 g/mol. The third kappa shape index (κ3) is 6.71. The van der Waals surface area contributed by atoms with Gasteiger partial charge in [-0.25, -0.2) is 0 Å². The number of rotatable bonds is 12. The Hall–Kier alpha value is -4.16. The summed E-state index contributed by atoms with van der Waals surface area (Å²) in [5.74, 6) is 3.63. The number of hydrogen-bond donors (Lipinski definition) is 2. The number of ether oxygens (including phenoxy) is 4. The molecule has 0 aliphatic heterocycles. The van der Waals surface area contributed by atoms with E-state index in [-0.39, 0.29) is 0 Å². The molecule has 2 N–H and O–H groups in total. The maximum atomic E-state index is 6.17. The van der Waals surface area contributed by atoms with E-state index in [0.717, 1.165) is 35.7 Å². The van der Waals surface area contributed by atoms with Crippen molar-refractivity contribution >= 4 is 11.4 Å². The zero-order chi connectivity index (χ0) is 25.2. The quantitative estimate of drug-likeness (QED) is 0.222.